The van der Waals surface area contributed by atoms with Crippen molar-refractivity contribution >= 4 is 22.4 Å². The second kappa shape index (κ2) is 6.24. The zero-order valence-electron chi connectivity index (χ0n) is 11.2. The number of benzene rings is 2. The van der Waals surface area contributed by atoms with E-state index in [-0.39, 0.29) is 5.38 Å². The highest BCUT2D eigenvalue weighted by atomic mass is 35.5. The van der Waals surface area contributed by atoms with Crippen LogP contribution in [0.2, 0.25) is 0 Å². The Labute approximate surface area is 115 Å². The van der Waals surface area contributed by atoms with Crippen LogP contribution in [-0.4, -0.2) is 0 Å². The van der Waals surface area contributed by atoms with Crippen molar-refractivity contribution in [3.05, 3.63) is 47.5 Å². The molecule has 0 saturated heterocycles. The molecule has 18 heavy (non-hydrogen) atoms. The van der Waals surface area contributed by atoms with Gasteiger partial charge in [-0.15, -0.1) is 11.6 Å². The van der Waals surface area contributed by atoms with Gasteiger partial charge in [0.15, 0.2) is 0 Å². The predicted molar refractivity (Wildman–Crippen MR) is 81.4 cm³/mol. The smallest absolute Gasteiger partial charge is 0.0593 e. The molecule has 0 aliphatic heterocycles. The van der Waals surface area contributed by atoms with E-state index in [0.29, 0.717) is 0 Å². The van der Waals surface area contributed by atoms with Gasteiger partial charge in [0.25, 0.3) is 0 Å². The molecule has 2 aromatic carbocycles. The molecule has 2 aromatic rings. The van der Waals surface area contributed by atoms with Crippen LogP contribution in [0.1, 0.15) is 49.1 Å². The van der Waals surface area contributed by atoms with Crippen LogP contribution < -0.4 is 0 Å². The van der Waals surface area contributed by atoms with E-state index in [0.717, 1.165) is 6.42 Å². The summed E-state index contributed by atoms with van der Waals surface area (Å²) in [4.78, 5) is 0. The zero-order chi connectivity index (χ0) is 13.0. The standard InChI is InChI=1S/C17H21Cl/c1-3-4-5-10-16(18)17-13(2)11-12-14-8-6-7-9-15(14)17/h6-9,11-12,16H,3-5,10H2,1-2H3. The molecule has 96 valence electrons. The number of alkyl halides is 1. The average Bonchev–Trinajstić information content (AvgIpc) is 2.38. The predicted octanol–water partition coefficient (Wildman–Crippen LogP) is 6.01. The normalized spacial score (nSPS) is 12.8. The molecule has 0 saturated carbocycles. The molecule has 0 radical (unpaired) electrons. The Hall–Kier alpha value is -1.01. The van der Waals surface area contributed by atoms with Crippen LogP contribution in [0.25, 0.3) is 10.8 Å². The van der Waals surface area contributed by atoms with Crippen LogP contribution in [0.5, 0.6) is 0 Å². The van der Waals surface area contributed by atoms with E-state index in [4.69, 9.17) is 11.6 Å². The summed E-state index contributed by atoms with van der Waals surface area (Å²) in [5, 5.41) is 2.75. The SMILES string of the molecule is CCCCCC(Cl)c1c(C)ccc2ccccc12. The van der Waals surface area contributed by atoms with Gasteiger partial charge in [-0.05, 0) is 35.2 Å². The first-order valence-electron chi connectivity index (χ1n) is 6.86. The Kier molecular flexibility index (Phi) is 4.66. The van der Waals surface area contributed by atoms with Crippen molar-refractivity contribution < 1.29 is 0 Å². The zero-order valence-corrected chi connectivity index (χ0v) is 12.0. The van der Waals surface area contributed by atoms with E-state index in [1.54, 1.807) is 0 Å². The summed E-state index contributed by atoms with van der Waals surface area (Å²) in [6.45, 7) is 4.39. The summed E-state index contributed by atoms with van der Waals surface area (Å²) in [7, 11) is 0. The third-order valence-corrected chi connectivity index (χ3v) is 4.00. The van der Waals surface area contributed by atoms with Gasteiger partial charge in [-0.25, -0.2) is 0 Å². The summed E-state index contributed by atoms with van der Waals surface area (Å²) in [6.07, 6.45) is 4.81. The molecule has 0 heterocycles. The second-order valence-corrected chi connectivity index (χ2v) is 5.51. The molecular formula is C17H21Cl. The third-order valence-electron chi connectivity index (χ3n) is 3.56. The Morgan fingerprint density at radius 2 is 1.83 bits per heavy atom. The lowest BCUT2D eigenvalue weighted by Crippen LogP contribution is -1.96. The monoisotopic (exact) mass is 260 g/mol. The highest BCUT2D eigenvalue weighted by molar-refractivity contribution is 6.22. The topological polar surface area (TPSA) is 0 Å². The number of fused-ring (bicyclic) bond motifs is 1. The van der Waals surface area contributed by atoms with Gasteiger partial charge in [-0.2, -0.15) is 0 Å². The molecule has 0 aliphatic carbocycles. The van der Waals surface area contributed by atoms with E-state index < -0.39 is 0 Å². The fourth-order valence-corrected chi connectivity index (χ4v) is 2.98. The van der Waals surface area contributed by atoms with Crippen molar-refractivity contribution in [1.29, 1.82) is 0 Å². The van der Waals surface area contributed by atoms with Crippen LogP contribution in [0.3, 0.4) is 0 Å². The fourth-order valence-electron chi connectivity index (χ4n) is 2.54. The summed E-state index contributed by atoms with van der Waals surface area (Å²) < 4.78 is 0. The molecule has 1 atom stereocenters. The van der Waals surface area contributed by atoms with Crippen molar-refractivity contribution in [3.8, 4) is 0 Å². The Morgan fingerprint density at radius 1 is 1.06 bits per heavy atom. The highest BCUT2D eigenvalue weighted by Crippen LogP contribution is 2.34. The molecule has 2 rings (SSSR count). The first-order chi connectivity index (χ1) is 8.74. The molecule has 1 heteroatoms. The minimum atomic E-state index is 0.141. The van der Waals surface area contributed by atoms with E-state index in [1.807, 2.05) is 0 Å². The summed E-state index contributed by atoms with van der Waals surface area (Å²) in [5.74, 6) is 0. The van der Waals surface area contributed by atoms with Crippen molar-refractivity contribution in [2.75, 3.05) is 0 Å². The molecule has 0 N–H and O–H groups in total. The molecule has 1 unspecified atom stereocenters. The lowest BCUT2D eigenvalue weighted by molar-refractivity contribution is 0.656. The van der Waals surface area contributed by atoms with Gasteiger partial charge in [0.1, 0.15) is 0 Å². The summed E-state index contributed by atoms with van der Waals surface area (Å²) in [6, 6.07) is 12.9. The van der Waals surface area contributed by atoms with E-state index >= 15 is 0 Å². The van der Waals surface area contributed by atoms with Crippen LogP contribution in [0.4, 0.5) is 0 Å². The van der Waals surface area contributed by atoms with Gasteiger partial charge in [0, 0.05) is 0 Å². The van der Waals surface area contributed by atoms with Crippen LogP contribution in [-0.2, 0) is 0 Å². The second-order valence-electron chi connectivity index (χ2n) is 4.98. The van der Waals surface area contributed by atoms with Gasteiger partial charge >= 0.3 is 0 Å². The van der Waals surface area contributed by atoms with Crippen LogP contribution in [0.15, 0.2) is 36.4 Å². The quantitative estimate of drug-likeness (QED) is 0.456. The minimum Gasteiger partial charge on any atom is -0.118 e. The molecular weight excluding hydrogens is 240 g/mol. The fraction of sp³-hybridized carbons (Fsp3) is 0.412. The largest absolute Gasteiger partial charge is 0.118 e. The van der Waals surface area contributed by atoms with E-state index in [1.165, 1.54) is 41.2 Å². The Bertz CT molecular complexity index is 516. The molecule has 0 fully saturated rings. The maximum atomic E-state index is 6.63. The van der Waals surface area contributed by atoms with Crippen LogP contribution >= 0.6 is 11.6 Å². The molecule has 0 aromatic heterocycles. The summed E-state index contributed by atoms with van der Waals surface area (Å²) >= 11 is 6.63. The number of aryl methyl sites for hydroxylation is 1. The number of hydrogen-bond donors (Lipinski definition) is 0. The maximum absolute atomic E-state index is 6.63. The molecule has 0 spiro atoms. The maximum Gasteiger partial charge on any atom is 0.0593 e. The number of rotatable bonds is 5. The number of halogens is 1. The number of hydrogen-bond acceptors (Lipinski definition) is 0. The average molecular weight is 261 g/mol. The van der Waals surface area contributed by atoms with Crippen molar-refractivity contribution in [1.82, 2.24) is 0 Å². The Balaban J connectivity index is 2.33. The summed E-state index contributed by atoms with van der Waals surface area (Å²) in [5.41, 5.74) is 2.64. The molecule has 0 amide bonds. The van der Waals surface area contributed by atoms with Crippen LogP contribution in [0, 0.1) is 6.92 Å². The van der Waals surface area contributed by atoms with Gasteiger partial charge in [0.05, 0.1) is 5.38 Å². The molecule has 0 nitrogen and oxygen atoms in total. The van der Waals surface area contributed by atoms with Gasteiger partial charge in [-0.3, -0.25) is 0 Å². The number of unbranched alkanes of at least 4 members (excludes halogenated alkanes) is 2. The van der Waals surface area contributed by atoms with Crippen molar-refractivity contribution in [3.63, 3.8) is 0 Å². The van der Waals surface area contributed by atoms with Crippen molar-refractivity contribution in [2.24, 2.45) is 0 Å². The first kappa shape index (κ1) is 13.4. The van der Waals surface area contributed by atoms with Gasteiger partial charge in [-0.1, -0.05) is 62.6 Å². The lowest BCUT2D eigenvalue weighted by atomic mass is 9.95. The van der Waals surface area contributed by atoms with E-state index in [2.05, 4.69) is 50.2 Å². The first-order valence-corrected chi connectivity index (χ1v) is 7.30. The molecule has 0 bridgehead atoms. The van der Waals surface area contributed by atoms with Gasteiger partial charge < -0.3 is 0 Å². The van der Waals surface area contributed by atoms with Crippen molar-refractivity contribution in [2.45, 2.75) is 44.9 Å². The lowest BCUT2D eigenvalue weighted by Gasteiger charge is -2.15. The molecule has 0 aliphatic rings. The highest BCUT2D eigenvalue weighted by Gasteiger charge is 2.13. The minimum absolute atomic E-state index is 0.141. The third kappa shape index (κ3) is 2.87. The van der Waals surface area contributed by atoms with Gasteiger partial charge in [0.2, 0.25) is 0 Å². The van der Waals surface area contributed by atoms with E-state index in [9.17, 15) is 0 Å². The Morgan fingerprint density at radius 3 is 2.61 bits per heavy atom.